The van der Waals surface area contributed by atoms with Crippen molar-refractivity contribution in [1.82, 2.24) is 0 Å². The van der Waals surface area contributed by atoms with Crippen molar-refractivity contribution in [2.24, 2.45) is 0 Å². The van der Waals surface area contributed by atoms with Gasteiger partial charge in [0.1, 0.15) is 6.61 Å². The fourth-order valence-corrected chi connectivity index (χ4v) is 2.11. The molecule has 0 aliphatic rings. The molecule has 2 aromatic carbocycles. The Hall–Kier alpha value is -1.93. The van der Waals surface area contributed by atoms with E-state index in [0.29, 0.717) is 6.61 Å². The van der Waals surface area contributed by atoms with Crippen molar-refractivity contribution in [1.29, 1.82) is 0 Å². The van der Waals surface area contributed by atoms with Gasteiger partial charge in [-0.15, -0.1) is 0 Å². The van der Waals surface area contributed by atoms with Crippen LogP contribution in [-0.2, 0) is 11.2 Å². The van der Waals surface area contributed by atoms with Gasteiger partial charge in [0.25, 0.3) is 0 Å². The number of carbonyl (C=O) groups excluding carboxylic acids is 1. The van der Waals surface area contributed by atoms with Crippen molar-refractivity contribution < 1.29 is 9.53 Å². The highest BCUT2D eigenvalue weighted by atomic mass is 16.5. The molecular weight excluding hydrogens is 248 g/mol. The molecule has 2 heteroatoms. The molecule has 0 amide bonds. The first kappa shape index (κ1) is 14.5. The fourth-order valence-electron chi connectivity index (χ4n) is 2.11. The zero-order valence-electron chi connectivity index (χ0n) is 12.1. The van der Waals surface area contributed by atoms with Crippen LogP contribution < -0.4 is 0 Å². The third kappa shape index (κ3) is 4.04. The van der Waals surface area contributed by atoms with E-state index < -0.39 is 0 Å². The number of carbonyl (C=O) groups is 1. The Morgan fingerprint density at radius 2 is 1.80 bits per heavy atom. The first-order chi connectivity index (χ1) is 9.66. The van der Waals surface area contributed by atoms with Gasteiger partial charge in [-0.25, -0.2) is 0 Å². The minimum atomic E-state index is 0.0549. The molecule has 0 atom stereocenters. The summed E-state index contributed by atoms with van der Waals surface area (Å²) >= 11 is 0. The molecule has 104 valence electrons. The number of hydrogen-bond acceptors (Lipinski definition) is 2. The molecule has 2 nitrogen and oxygen atoms in total. The van der Waals surface area contributed by atoms with Crippen LogP contribution in [0, 0.1) is 13.8 Å². The number of Topliss-reactive ketones (excluding diaryl/α,β-unsaturated/α-hetero) is 1. The summed E-state index contributed by atoms with van der Waals surface area (Å²) in [6.45, 7) is 4.67. The van der Waals surface area contributed by atoms with Gasteiger partial charge in [-0.2, -0.15) is 0 Å². The molecule has 0 bridgehead atoms. The summed E-state index contributed by atoms with van der Waals surface area (Å²) in [6, 6.07) is 16.1. The highest BCUT2D eigenvalue weighted by Gasteiger charge is 2.09. The van der Waals surface area contributed by atoms with E-state index in [2.05, 4.69) is 12.1 Å². The average molecular weight is 268 g/mol. The fraction of sp³-hybridized carbons (Fsp3) is 0.278. The predicted octanol–water partition coefficient (Wildman–Crippen LogP) is 3.75. The Morgan fingerprint density at radius 3 is 2.55 bits per heavy atom. The monoisotopic (exact) mass is 268 g/mol. The standard InChI is InChI=1S/C18H20O2/c1-14-8-9-15(2)17(12-14)18(19)13-20-11-10-16-6-4-3-5-7-16/h3-9,12H,10-11,13H2,1-2H3. The summed E-state index contributed by atoms with van der Waals surface area (Å²) in [6.07, 6.45) is 0.834. The number of hydrogen-bond donors (Lipinski definition) is 0. The second-order valence-electron chi connectivity index (χ2n) is 5.03. The second-order valence-corrected chi connectivity index (χ2v) is 5.03. The first-order valence-electron chi connectivity index (χ1n) is 6.89. The number of benzene rings is 2. The highest BCUT2D eigenvalue weighted by molar-refractivity contribution is 5.98. The molecule has 0 aliphatic heterocycles. The molecule has 0 unspecified atom stereocenters. The largest absolute Gasteiger partial charge is 0.373 e. The zero-order chi connectivity index (χ0) is 14.4. The van der Waals surface area contributed by atoms with E-state index in [4.69, 9.17) is 4.74 Å². The molecule has 0 aliphatic carbocycles. The van der Waals surface area contributed by atoms with Crippen LogP contribution in [0.15, 0.2) is 48.5 Å². The van der Waals surface area contributed by atoms with Crippen molar-refractivity contribution >= 4 is 5.78 Å². The van der Waals surface area contributed by atoms with Crippen LogP contribution in [0.4, 0.5) is 0 Å². The van der Waals surface area contributed by atoms with Crippen LogP contribution in [0.2, 0.25) is 0 Å². The van der Waals surface area contributed by atoms with Crippen LogP contribution >= 0.6 is 0 Å². The van der Waals surface area contributed by atoms with Crippen molar-refractivity contribution in [3.8, 4) is 0 Å². The third-order valence-electron chi connectivity index (χ3n) is 3.30. The lowest BCUT2D eigenvalue weighted by Crippen LogP contribution is -2.12. The van der Waals surface area contributed by atoms with Crippen molar-refractivity contribution in [2.45, 2.75) is 20.3 Å². The molecular formula is C18H20O2. The Labute approximate surface area is 120 Å². The molecule has 0 heterocycles. The average Bonchev–Trinajstić information content (AvgIpc) is 2.47. The van der Waals surface area contributed by atoms with Gasteiger partial charge in [-0.1, -0.05) is 48.0 Å². The number of aryl methyl sites for hydroxylation is 2. The van der Waals surface area contributed by atoms with E-state index in [1.807, 2.05) is 50.2 Å². The van der Waals surface area contributed by atoms with Crippen LogP contribution in [0.5, 0.6) is 0 Å². The zero-order valence-corrected chi connectivity index (χ0v) is 12.1. The molecule has 0 saturated heterocycles. The molecule has 0 aromatic heterocycles. The van der Waals surface area contributed by atoms with Gasteiger partial charge in [0.2, 0.25) is 0 Å². The Kier molecular flexibility index (Phi) is 5.08. The second kappa shape index (κ2) is 7.01. The predicted molar refractivity (Wildman–Crippen MR) is 81.2 cm³/mol. The molecule has 0 spiro atoms. The number of ketones is 1. The summed E-state index contributed by atoms with van der Waals surface area (Å²) in [5, 5.41) is 0. The lowest BCUT2D eigenvalue weighted by atomic mass is 10.0. The lowest BCUT2D eigenvalue weighted by molar-refractivity contribution is 0.0765. The molecule has 20 heavy (non-hydrogen) atoms. The van der Waals surface area contributed by atoms with E-state index in [1.54, 1.807) is 0 Å². The molecule has 2 rings (SSSR count). The topological polar surface area (TPSA) is 26.3 Å². The highest BCUT2D eigenvalue weighted by Crippen LogP contribution is 2.11. The van der Waals surface area contributed by atoms with Gasteiger partial charge in [-0.05, 0) is 37.5 Å². The van der Waals surface area contributed by atoms with E-state index in [1.165, 1.54) is 5.56 Å². The van der Waals surface area contributed by atoms with Gasteiger partial charge in [0.15, 0.2) is 5.78 Å². The van der Waals surface area contributed by atoms with Crippen LogP contribution in [-0.4, -0.2) is 19.0 Å². The maximum atomic E-state index is 12.1. The normalized spacial score (nSPS) is 10.5. The van der Waals surface area contributed by atoms with Gasteiger partial charge < -0.3 is 4.74 Å². The van der Waals surface area contributed by atoms with Crippen LogP contribution in [0.3, 0.4) is 0 Å². The van der Waals surface area contributed by atoms with Gasteiger partial charge >= 0.3 is 0 Å². The van der Waals surface area contributed by atoms with Crippen molar-refractivity contribution in [2.75, 3.05) is 13.2 Å². The molecule has 2 aromatic rings. The Morgan fingerprint density at radius 1 is 1.05 bits per heavy atom. The van der Waals surface area contributed by atoms with Crippen molar-refractivity contribution in [3.63, 3.8) is 0 Å². The minimum Gasteiger partial charge on any atom is -0.373 e. The smallest absolute Gasteiger partial charge is 0.188 e. The van der Waals surface area contributed by atoms with Gasteiger partial charge in [0, 0.05) is 5.56 Å². The maximum absolute atomic E-state index is 12.1. The summed E-state index contributed by atoms with van der Waals surface area (Å²) in [7, 11) is 0. The van der Waals surface area contributed by atoms with Gasteiger partial charge in [-0.3, -0.25) is 4.79 Å². The minimum absolute atomic E-state index is 0.0549. The molecule has 0 N–H and O–H groups in total. The quantitative estimate of drug-likeness (QED) is 0.589. The summed E-state index contributed by atoms with van der Waals surface area (Å²) in [5.41, 5.74) is 4.10. The Bertz CT molecular complexity index is 573. The van der Waals surface area contributed by atoms with Crippen molar-refractivity contribution in [3.05, 3.63) is 70.8 Å². The number of rotatable bonds is 6. The molecule has 0 radical (unpaired) electrons. The third-order valence-corrected chi connectivity index (χ3v) is 3.30. The first-order valence-corrected chi connectivity index (χ1v) is 6.89. The number of ether oxygens (including phenoxy) is 1. The van der Waals surface area contributed by atoms with Crippen LogP contribution in [0.25, 0.3) is 0 Å². The molecule has 0 fully saturated rings. The summed E-state index contributed by atoms with van der Waals surface area (Å²) < 4.78 is 5.50. The summed E-state index contributed by atoms with van der Waals surface area (Å²) in [5.74, 6) is 0.0549. The summed E-state index contributed by atoms with van der Waals surface area (Å²) in [4.78, 5) is 12.1. The molecule has 0 saturated carbocycles. The SMILES string of the molecule is Cc1ccc(C)c(C(=O)COCCc2ccccc2)c1. The van der Waals surface area contributed by atoms with Crippen LogP contribution in [0.1, 0.15) is 27.0 Å². The Balaban J connectivity index is 1.82. The van der Waals surface area contributed by atoms with Gasteiger partial charge in [0.05, 0.1) is 6.61 Å². The maximum Gasteiger partial charge on any atom is 0.188 e. The van der Waals surface area contributed by atoms with E-state index in [0.717, 1.165) is 23.1 Å². The van der Waals surface area contributed by atoms with E-state index in [-0.39, 0.29) is 12.4 Å². The van der Waals surface area contributed by atoms with E-state index >= 15 is 0 Å². The lowest BCUT2D eigenvalue weighted by Gasteiger charge is -2.07. The van der Waals surface area contributed by atoms with E-state index in [9.17, 15) is 4.79 Å².